The Morgan fingerprint density at radius 1 is 1.08 bits per heavy atom. The van der Waals surface area contributed by atoms with Gasteiger partial charge in [0.1, 0.15) is 0 Å². The molecular weight excluding hydrogens is 334 g/mol. The summed E-state index contributed by atoms with van der Waals surface area (Å²) in [6.45, 7) is 8.36. The van der Waals surface area contributed by atoms with E-state index >= 15 is 0 Å². The molecule has 1 spiro atoms. The Labute approximate surface area is 196 Å². The van der Waals surface area contributed by atoms with E-state index in [9.17, 15) is 15.0 Å². The molecule has 4 aliphatic rings. The number of carbonyl (C=O) groups excluding carboxylic acids is 1. The molecule has 128 valence electrons. The number of hydrogen-bond acceptors (Lipinski definition) is 3. The largest absolute Gasteiger partial charge is 1.00 e. The second-order valence-electron chi connectivity index (χ2n) is 9.56. The van der Waals surface area contributed by atoms with E-state index in [0.717, 1.165) is 56.9 Å². The number of aliphatic carboxylic acids is 1. The van der Waals surface area contributed by atoms with Gasteiger partial charge in [0.05, 0.1) is 0 Å². The van der Waals surface area contributed by atoms with E-state index in [2.05, 4.69) is 13.5 Å². The zero-order chi connectivity index (χ0) is 16.7. The number of carbonyl (C=O) groups is 1. The van der Waals surface area contributed by atoms with E-state index in [4.69, 9.17) is 0 Å². The molecule has 0 aromatic carbocycles. The quantitative estimate of drug-likeness (QED) is 0.355. The maximum atomic E-state index is 13.0. The van der Waals surface area contributed by atoms with Gasteiger partial charge in [0, 0.05) is 11.4 Å². The van der Waals surface area contributed by atoms with Crippen molar-refractivity contribution < 1.29 is 74.1 Å². The number of carboxylic acid groups (broad SMARTS) is 1. The average molecular weight is 362 g/mol. The molecule has 4 rings (SSSR count). The third-order valence-electron chi connectivity index (χ3n) is 8.59. The predicted molar refractivity (Wildman–Crippen MR) is 84.1 cm³/mol. The van der Waals surface area contributed by atoms with E-state index in [1.165, 1.54) is 0 Å². The molecule has 3 nitrogen and oxygen atoms in total. The van der Waals surface area contributed by atoms with Crippen molar-refractivity contribution in [3.05, 3.63) is 12.2 Å². The molecule has 0 aliphatic heterocycles. The number of hydrogen-bond donors (Lipinski definition) is 0. The van der Waals surface area contributed by atoms with Crippen LogP contribution < -0.4 is 69.3 Å². The maximum absolute atomic E-state index is 13.0. The van der Waals surface area contributed by atoms with Gasteiger partial charge >= 0.3 is 59.1 Å². The molecule has 25 heavy (non-hydrogen) atoms. The summed E-state index contributed by atoms with van der Waals surface area (Å²) in [5, 5.41) is 24.9. The SMILES string of the molecule is C=C1C[C@@]23CC[C@H]4[C@@](C)(CCC[C@@]4(C)C(=O)[O-])[C@@H]2CC[C@]1([O-])C3.[Na+].[Na+]. The van der Waals surface area contributed by atoms with Crippen molar-refractivity contribution in [3.63, 3.8) is 0 Å². The number of carboxylic acids is 1. The van der Waals surface area contributed by atoms with Crippen molar-refractivity contribution in [2.24, 2.45) is 28.1 Å². The molecular formula is C20H28Na2O3. The van der Waals surface area contributed by atoms with E-state index in [0.29, 0.717) is 12.3 Å². The third kappa shape index (κ3) is 2.91. The van der Waals surface area contributed by atoms with Crippen LogP contribution in [-0.2, 0) is 4.79 Å². The van der Waals surface area contributed by atoms with Gasteiger partial charge in [0.25, 0.3) is 0 Å². The van der Waals surface area contributed by atoms with Crippen molar-refractivity contribution in [2.45, 2.75) is 77.2 Å². The smallest absolute Gasteiger partial charge is 0.846 e. The summed E-state index contributed by atoms with van der Waals surface area (Å²) in [5.74, 6) is -0.194. The molecule has 2 bridgehead atoms. The monoisotopic (exact) mass is 362 g/mol. The first-order valence-electron chi connectivity index (χ1n) is 9.27. The van der Waals surface area contributed by atoms with Gasteiger partial charge < -0.3 is 15.0 Å². The molecule has 6 atom stereocenters. The zero-order valence-electron chi connectivity index (χ0n) is 16.5. The summed E-state index contributed by atoms with van der Waals surface area (Å²) in [4.78, 5) is 11.9. The van der Waals surface area contributed by atoms with E-state index in [-0.39, 0.29) is 75.9 Å². The fraction of sp³-hybridized carbons (Fsp3) is 0.850. The molecule has 0 N–H and O–H groups in total. The Balaban J connectivity index is 0.00000113. The third-order valence-corrected chi connectivity index (χ3v) is 8.59. The van der Waals surface area contributed by atoms with Gasteiger partial charge in [0.2, 0.25) is 0 Å². The Bertz CT molecular complexity index is 593. The number of rotatable bonds is 1. The fourth-order valence-corrected chi connectivity index (χ4v) is 7.57. The van der Waals surface area contributed by atoms with Gasteiger partial charge in [-0.3, -0.25) is 0 Å². The first-order valence-corrected chi connectivity index (χ1v) is 9.27. The molecule has 0 amide bonds. The summed E-state index contributed by atoms with van der Waals surface area (Å²) in [7, 11) is 0. The van der Waals surface area contributed by atoms with Crippen LogP contribution in [0.3, 0.4) is 0 Å². The standard InChI is InChI=1S/C20H29O3.2Na/c1-13-11-19-9-5-14-17(2,7-4-8-18(14,3)16(21)22)15(19)6-10-20(13,23)12-19;;/h14-15H,1,4-12H2,2-3H3,(H,21,22);;/q-1;2*+1/p-1/t14-,15-,17+,18+,19+,20-;;/m0../s1. The minimum absolute atomic E-state index is 0. The topological polar surface area (TPSA) is 63.2 Å². The van der Waals surface area contributed by atoms with Crippen molar-refractivity contribution in [1.82, 2.24) is 0 Å². The van der Waals surface area contributed by atoms with Crippen molar-refractivity contribution >= 4 is 5.97 Å². The second-order valence-corrected chi connectivity index (χ2v) is 9.56. The predicted octanol–water partition coefficient (Wildman–Crippen LogP) is -3.80. The molecule has 4 fully saturated rings. The van der Waals surface area contributed by atoms with Crippen LogP contribution in [0.5, 0.6) is 0 Å². The first-order chi connectivity index (χ1) is 10.7. The number of fused-ring (bicyclic) bond motifs is 3. The zero-order valence-corrected chi connectivity index (χ0v) is 20.5. The maximum Gasteiger partial charge on any atom is 1.00 e. The summed E-state index contributed by atoms with van der Waals surface area (Å²) >= 11 is 0. The van der Waals surface area contributed by atoms with Crippen LogP contribution in [-0.4, -0.2) is 11.6 Å². The van der Waals surface area contributed by atoms with Gasteiger partial charge in [-0.05, 0) is 61.2 Å². The van der Waals surface area contributed by atoms with Crippen LogP contribution in [0.25, 0.3) is 0 Å². The molecule has 0 heterocycles. The molecule has 0 aromatic rings. The van der Waals surface area contributed by atoms with Crippen LogP contribution in [0.2, 0.25) is 0 Å². The normalized spacial score (nSPS) is 50.8. The summed E-state index contributed by atoms with van der Waals surface area (Å²) in [6, 6.07) is 0. The Hall–Kier alpha value is 1.17. The minimum Gasteiger partial charge on any atom is -0.846 e. The molecule has 0 unspecified atom stereocenters. The molecule has 4 aliphatic carbocycles. The Morgan fingerprint density at radius 3 is 2.36 bits per heavy atom. The summed E-state index contributed by atoms with van der Waals surface area (Å²) < 4.78 is 0. The Morgan fingerprint density at radius 2 is 1.72 bits per heavy atom. The molecule has 0 radical (unpaired) electrons. The molecule has 0 aromatic heterocycles. The van der Waals surface area contributed by atoms with E-state index in [1.807, 2.05) is 6.92 Å². The van der Waals surface area contributed by atoms with Crippen LogP contribution in [0.4, 0.5) is 0 Å². The summed E-state index contributed by atoms with van der Waals surface area (Å²) in [6.07, 6.45) is 8.03. The second kappa shape index (κ2) is 6.90. The van der Waals surface area contributed by atoms with Crippen molar-refractivity contribution in [1.29, 1.82) is 0 Å². The van der Waals surface area contributed by atoms with Crippen LogP contribution in [0.1, 0.15) is 71.6 Å². The minimum atomic E-state index is -0.897. The van der Waals surface area contributed by atoms with E-state index in [1.54, 1.807) is 0 Å². The van der Waals surface area contributed by atoms with Gasteiger partial charge in [-0.25, -0.2) is 0 Å². The van der Waals surface area contributed by atoms with E-state index < -0.39 is 17.0 Å². The molecule has 0 saturated heterocycles. The van der Waals surface area contributed by atoms with Gasteiger partial charge in [-0.15, -0.1) is 6.58 Å². The van der Waals surface area contributed by atoms with Crippen LogP contribution in [0.15, 0.2) is 12.2 Å². The van der Waals surface area contributed by atoms with Crippen LogP contribution in [0, 0.1) is 28.1 Å². The molecule has 4 saturated carbocycles. The average Bonchev–Trinajstić information content (AvgIpc) is 2.63. The molecule has 5 heteroatoms. The summed E-state index contributed by atoms with van der Waals surface area (Å²) in [5.41, 5.74) is -0.535. The first kappa shape index (κ1) is 22.5. The fourth-order valence-electron chi connectivity index (χ4n) is 7.57. The van der Waals surface area contributed by atoms with Crippen molar-refractivity contribution in [3.8, 4) is 0 Å². The van der Waals surface area contributed by atoms with Gasteiger partial charge in [-0.2, -0.15) is 0 Å². The van der Waals surface area contributed by atoms with Gasteiger partial charge in [0.15, 0.2) is 0 Å². The van der Waals surface area contributed by atoms with Crippen molar-refractivity contribution in [2.75, 3.05) is 0 Å². The van der Waals surface area contributed by atoms with Crippen LogP contribution >= 0.6 is 0 Å². The Kier molecular flexibility index (Phi) is 6.20. The van der Waals surface area contributed by atoms with Gasteiger partial charge in [-0.1, -0.05) is 44.3 Å².